The lowest BCUT2D eigenvalue weighted by Crippen LogP contribution is -2.49. The minimum absolute atomic E-state index is 0.00161. The highest BCUT2D eigenvalue weighted by Gasteiger charge is 2.50. The van der Waals surface area contributed by atoms with Crippen LogP contribution < -0.4 is 5.32 Å². The smallest absolute Gasteiger partial charge is 0.326 e. The van der Waals surface area contributed by atoms with Gasteiger partial charge in [0.25, 0.3) is 5.91 Å². The largest absolute Gasteiger partial charge is 0.381 e. The van der Waals surface area contributed by atoms with Gasteiger partial charge in [0.15, 0.2) is 0 Å². The molecule has 6 heteroatoms. The number of carbonyl (C=O) groups is 2. The number of imide groups is 1. The number of likely N-dealkylation sites (tertiary alicyclic amines) is 1. The first kappa shape index (κ1) is 16.7. The van der Waals surface area contributed by atoms with E-state index in [0.717, 1.165) is 64.5 Å². The standard InChI is InChI=1S/C17H29N3O3/c1-23-14-7-11-19(12-8-14)13-20-15(21)17(18-16(20)22)9-5-3-2-4-6-10-17/h14H,2-13H2,1H3,(H,18,22). The van der Waals surface area contributed by atoms with Crippen molar-refractivity contribution in [2.75, 3.05) is 26.9 Å². The van der Waals surface area contributed by atoms with E-state index in [0.29, 0.717) is 12.8 Å². The van der Waals surface area contributed by atoms with Crippen LogP contribution in [0.1, 0.15) is 57.8 Å². The number of ether oxygens (including phenoxy) is 1. The summed E-state index contributed by atoms with van der Waals surface area (Å²) in [4.78, 5) is 29.0. The van der Waals surface area contributed by atoms with Gasteiger partial charge in [-0.1, -0.05) is 32.1 Å². The fourth-order valence-electron chi connectivity index (χ4n) is 4.14. The molecule has 1 saturated carbocycles. The summed E-state index contributed by atoms with van der Waals surface area (Å²) in [6.45, 7) is 2.17. The summed E-state index contributed by atoms with van der Waals surface area (Å²) in [6.07, 6.45) is 9.45. The predicted molar refractivity (Wildman–Crippen MR) is 86.9 cm³/mol. The molecule has 2 heterocycles. The van der Waals surface area contributed by atoms with E-state index in [-0.39, 0.29) is 11.9 Å². The number of piperidine rings is 1. The first-order valence-electron chi connectivity index (χ1n) is 9.04. The maximum atomic E-state index is 12.9. The molecular formula is C17H29N3O3. The fraction of sp³-hybridized carbons (Fsp3) is 0.882. The van der Waals surface area contributed by atoms with Crippen molar-refractivity contribution in [3.8, 4) is 0 Å². The Morgan fingerprint density at radius 3 is 2.30 bits per heavy atom. The molecule has 3 aliphatic rings. The Bertz CT molecular complexity index is 438. The molecule has 130 valence electrons. The van der Waals surface area contributed by atoms with Crippen LogP contribution in [0.2, 0.25) is 0 Å². The number of amides is 3. The lowest BCUT2D eigenvalue weighted by Gasteiger charge is -2.33. The van der Waals surface area contributed by atoms with Gasteiger partial charge in [0.05, 0.1) is 12.8 Å². The van der Waals surface area contributed by atoms with Crippen molar-refractivity contribution >= 4 is 11.9 Å². The van der Waals surface area contributed by atoms with Crippen LogP contribution >= 0.6 is 0 Å². The van der Waals surface area contributed by atoms with Gasteiger partial charge in [-0.05, 0) is 25.7 Å². The summed E-state index contributed by atoms with van der Waals surface area (Å²) in [5.41, 5.74) is -0.623. The van der Waals surface area contributed by atoms with Crippen molar-refractivity contribution in [2.24, 2.45) is 0 Å². The van der Waals surface area contributed by atoms with Gasteiger partial charge in [-0.25, -0.2) is 9.69 Å². The van der Waals surface area contributed by atoms with E-state index in [2.05, 4.69) is 10.2 Å². The number of hydrogen-bond donors (Lipinski definition) is 1. The fourth-order valence-corrected chi connectivity index (χ4v) is 4.14. The van der Waals surface area contributed by atoms with Crippen LogP contribution in [0.25, 0.3) is 0 Å². The number of nitrogens with one attached hydrogen (secondary N) is 1. The Balaban J connectivity index is 1.62. The molecule has 2 aliphatic heterocycles. The second-order valence-corrected chi connectivity index (χ2v) is 7.21. The number of methoxy groups -OCH3 is 1. The number of rotatable bonds is 3. The second-order valence-electron chi connectivity index (χ2n) is 7.21. The van der Waals surface area contributed by atoms with Gasteiger partial charge in [-0.2, -0.15) is 0 Å². The van der Waals surface area contributed by atoms with E-state index < -0.39 is 5.54 Å². The van der Waals surface area contributed by atoms with Crippen molar-refractivity contribution in [1.29, 1.82) is 0 Å². The topological polar surface area (TPSA) is 61.9 Å². The van der Waals surface area contributed by atoms with Crippen molar-refractivity contribution in [3.05, 3.63) is 0 Å². The molecule has 3 fully saturated rings. The molecule has 0 unspecified atom stereocenters. The lowest BCUT2D eigenvalue weighted by molar-refractivity contribution is -0.133. The van der Waals surface area contributed by atoms with E-state index in [1.54, 1.807) is 7.11 Å². The van der Waals surface area contributed by atoms with Crippen LogP contribution in [0.3, 0.4) is 0 Å². The van der Waals surface area contributed by atoms with E-state index in [1.807, 2.05) is 0 Å². The monoisotopic (exact) mass is 323 g/mol. The summed E-state index contributed by atoms with van der Waals surface area (Å²) in [5, 5.41) is 3.03. The molecule has 2 saturated heterocycles. The average molecular weight is 323 g/mol. The minimum atomic E-state index is -0.623. The van der Waals surface area contributed by atoms with E-state index in [4.69, 9.17) is 4.74 Å². The lowest BCUT2D eigenvalue weighted by atomic mass is 9.84. The molecule has 1 aliphatic carbocycles. The summed E-state index contributed by atoms with van der Waals surface area (Å²) in [5.74, 6) is -0.00161. The van der Waals surface area contributed by atoms with Crippen molar-refractivity contribution in [2.45, 2.75) is 69.4 Å². The summed E-state index contributed by atoms with van der Waals surface area (Å²) in [7, 11) is 1.75. The summed E-state index contributed by atoms with van der Waals surface area (Å²) in [6, 6.07) is -0.204. The number of carbonyl (C=O) groups excluding carboxylic acids is 2. The van der Waals surface area contributed by atoms with E-state index >= 15 is 0 Å². The summed E-state index contributed by atoms with van der Waals surface area (Å²) >= 11 is 0. The molecule has 0 radical (unpaired) electrons. The van der Waals surface area contributed by atoms with Crippen LogP contribution in [-0.4, -0.2) is 60.2 Å². The number of nitrogens with zero attached hydrogens (tertiary/aromatic N) is 2. The van der Waals surface area contributed by atoms with Crippen LogP contribution in [0.5, 0.6) is 0 Å². The van der Waals surface area contributed by atoms with Crippen LogP contribution in [0.4, 0.5) is 4.79 Å². The van der Waals surface area contributed by atoms with Crippen LogP contribution in [0.15, 0.2) is 0 Å². The predicted octanol–water partition coefficient (Wildman–Crippen LogP) is 2.09. The third kappa shape index (κ3) is 3.53. The second kappa shape index (κ2) is 7.18. The quantitative estimate of drug-likeness (QED) is 0.808. The Morgan fingerprint density at radius 1 is 1.09 bits per heavy atom. The average Bonchev–Trinajstić information content (AvgIpc) is 2.77. The van der Waals surface area contributed by atoms with E-state index in [1.165, 1.54) is 11.3 Å². The van der Waals surface area contributed by atoms with Gasteiger partial charge in [0.2, 0.25) is 0 Å². The molecule has 0 aromatic carbocycles. The highest BCUT2D eigenvalue weighted by atomic mass is 16.5. The Labute approximate surface area is 138 Å². The molecular weight excluding hydrogens is 294 g/mol. The van der Waals surface area contributed by atoms with Gasteiger partial charge in [0, 0.05) is 20.2 Å². The van der Waals surface area contributed by atoms with Gasteiger partial charge < -0.3 is 10.1 Å². The summed E-state index contributed by atoms with van der Waals surface area (Å²) < 4.78 is 5.38. The SMILES string of the molecule is COC1CCN(CN2C(=O)NC3(CCCCCCC3)C2=O)CC1. The zero-order valence-electron chi connectivity index (χ0n) is 14.2. The third-order valence-electron chi connectivity index (χ3n) is 5.66. The molecule has 0 aromatic heterocycles. The molecule has 1 N–H and O–H groups in total. The number of hydrogen-bond acceptors (Lipinski definition) is 4. The molecule has 3 rings (SSSR count). The first-order valence-corrected chi connectivity index (χ1v) is 9.04. The van der Waals surface area contributed by atoms with Crippen molar-refractivity contribution in [3.63, 3.8) is 0 Å². The minimum Gasteiger partial charge on any atom is -0.381 e. The molecule has 0 aromatic rings. The maximum absolute atomic E-state index is 12.9. The van der Waals surface area contributed by atoms with E-state index in [9.17, 15) is 9.59 Å². The molecule has 6 nitrogen and oxygen atoms in total. The van der Waals surface area contributed by atoms with Crippen molar-refractivity contribution in [1.82, 2.24) is 15.1 Å². The highest BCUT2D eigenvalue weighted by Crippen LogP contribution is 2.32. The Hall–Kier alpha value is -1.14. The number of urea groups is 1. The van der Waals surface area contributed by atoms with Gasteiger partial charge in [0.1, 0.15) is 5.54 Å². The van der Waals surface area contributed by atoms with Crippen LogP contribution in [0, 0.1) is 0 Å². The third-order valence-corrected chi connectivity index (χ3v) is 5.66. The van der Waals surface area contributed by atoms with Gasteiger partial charge in [-0.15, -0.1) is 0 Å². The highest BCUT2D eigenvalue weighted by molar-refractivity contribution is 6.07. The zero-order chi connectivity index (χ0) is 16.3. The van der Waals surface area contributed by atoms with Crippen LogP contribution in [-0.2, 0) is 9.53 Å². The zero-order valence-corrected chi connectivity index (χ0v) is 14.2. The molecule has 3 amide bonds. The molecule has 23 heavy (non-hydrogen) atoms. The molecule has 1 spiro atoms. The first-order chi connectivity index (χ1) is 11.1. The molecule has 0 atom stereocenters. The van der Waals surface area contributed by atoms with Gasteiger partial charge >= 0.3 is 6.03 Å². The maximum Gasteiger partial charge on any atom is 0.326 e. The Kier molecular flexibility index (Phi) is 5.21. The normalized spacial score (nSPS) is 27.1. The Morgan fingerprint density at radius 2 is 1.70 bits per heavy atom. The van der Waals surface area contributed by atoms with Gasteiger partial charge in [-0.3, -0.25) is 9.69 Å². The molecule has 0 bridgehead atoms. The van der Waals surface area contributed by atoms with Crippen molar-refractivity contribution < 1.29 is 14.3 Å².